The van der Waals surface area contributed by atoms with Crippen LogP contribution in [0.3, 0.4) is 0 Å². The number of nitrogens with one attached hydrogen (secondary N) is 1. The molecule has 0 saturated carbocycles. The summed E-state index contributed by atoms with van der Waals surface area (Å²) in [7, 11) is 0. The number of nitrogens with zero attached hydrogens (tertiary/aromatic N) is 4. The fraction of sp³-hybridized carbons (Fsp3) is 0.471. The highest BCUT2D eigenvalue weighted by Gasteiger charge is 2.35. The average molecular weight is 365 g/mol. The number of hydrogen-bond acceptors (Lipinski definition) is 4. The van der Waals surface area contributed by atoms with Crippen LogP contribution < -0.4 is 4.90 Å². The van der Waals surface area contributed by atoms with Crippen molar-refractivity contribution in [1.29, 1.82) is 0 Å². The van der Waals surface area contributed by atoms with E-state index in [1.807, 2.05) is 9.80 Å². The lowest BCUT2D eigenvalue weighted by Gasteiger charge is -2.28. The number of amides is 1. The monoisotopic (exact) mass is 365 g/mol. The Morgan fingerprint density at radius 3 is 2.81 bits per heavy atom. The lowest BCUT2D eigenvalue weighted by molar-refractivity contribution is -0.138. The van der Waals surface area contributed by atoms with Gasteiger partial charge in [-0.1, -0.05) is 0 Å². The number of pyridine rings is 1. The zero-order valence-corrected chi connectivity index (χ0v) is 14.0. The Balaban J connectivity index is 1.40. The Labute approximate surface area is 148 Å². The van der Waals surface area contributed by atoms with Gasteiger partial charge in [-0.2, -0.15) is 13.2 Å². The molecule has 6 nitrogen and oxygen atoms in total. The molecule has 2 aromatic rings. The van der Waals surface area contributed by atoms with Gasteiger partial charge in [0.1, 0.15) is 5.82 Å². The lowest BCUT2D eigenvalue weighted by Crippen LogP contribution is -2.40. The molecule has 138 valence electrons. The molecule has 0 aromatic carbocycles. The number of fused-ring (bicyclic) bond motifs is 1. The van der Waals surface area contributed by atoms with Crippen LogP contribution in [-0.4, -0.2) is 45.4 Å². The Morgan fingerprint density at radius 2 is 2.08 bits per heavy atom. The summed E-state index contributed by atoms with van der Waals surface area (Å²) in [6.45, 7) is 2.26. The number of H-pyrrole nitrogens is 1. The van der Waals surface area contributed by atoms with Gasteiger partial charge in [0.15, 0.2) is 0 Å². The van der Waals surface area contributed by atoms with Crippen molar-refractivity contribution < 1.29 is 18.0 Å². The third kappa shape index (κ3) is 3.13. The molecule has 0 bridgehead atoms. The van der Waals surface area contributed by atoms with E-state index >= 15 is 0 Å². The number of carbonyl (C=O) groups excluding carboxylic acids is 1. The Bertz CT molecular complexity index is 801. The molecule has 0 aliphatic carbocycles. The molecule has 2 aliphatic rings. The highest BCUT2D eigenvalue weighted by atomic mass is 19.4. The van der Waals surface area contributed by atoms with E-state index < -0.39 is 11.7 Å². The van der Waals surface area contributed by atoms with Gasteiger partial charge in [-0.25, -0.2) is 9.97 Å². The van der Waals surface area contributed by atoms with Crippen molar-refractivity contribution in [2.75, 3.05) is 24.5 Å². The summed E-state index contributed by atoms with van der Waals surface area (Å²) in [4.78, 5) is 27.7. The summed E-state index contributed by atoms with van der Waals surface area (Å²) in [5.74, 6) is 0.394. The summed E-state index contributed by atoms with van der Waals surface area (Å²) in [6, 6.07) is 2.40. The van der Waals surface area contributed by atoms with Crippen LogP contribution in [0, 0.1) is 5.92 Å². The number of carbonyl (C=O) groups is 1. The highest BCUT2D eigenvalue weighted by Crippen LogP contribution is 2.31. The van der Waals surface area contributed by atoms with Crippen LogP contribution >= 0.6 is 0 Å². The van der Waals surface area contributed by atoms with E-state index in [0.29, 0.717) is 38.4 Å². The Kier molecular flexibility index (Phi) is 4.08. The topological polar surface area (TPSA) is 65.1 Å². The number of alkyl halides is 3. The van der Waals surface area contributed by atoms with Crippen LogP contribution in [0.15, 0.2) is 24.7 Å². The van der Waals surface area contributed by atoms with Crippen LogP contribution in [0.25, 0.3) is 0 Å². The maximum absolute atomic E-state index is 12.8. The highest BCUT2D eigenvalue weighted by molar-refractivity contribution is 5.80. The first kappa shape index (κ1) is 16.9. The Hall–Kier alpha value is -2.58. The zero-order chi connectivity index (χ0) is 18.3. The number of rotatable bonds is 2. The van der Waals surface area contributed by atoms with E-state index in [1.54, 1.807) is 6.33 Å². The van der Waals surface area contributed by atoms with Gasteiger partial charge in [0.25, 0.3) is 0 Å². The van der Waals surface area contributed by atoms with E-state index in [4.69, 9.17) is 0 Å². The first-order valence-corrected chi connectivity index (χ1v) is 8.50. The van der Waals surface area contributed by atoms with Crippen molar-refractivity contribution in [3.05, 3.63) is 41.6 Å². The van der Waals surface area contributed by atoms with E-state index in [2.05, 4.69) is 15.0 Å². The van der Waals surface area contributed by atoms with Crippen molar-refractivity contribution in [2.24, 2.45) is 5.92 Å². The van der Waals surface area contributed by atoms with Gasteiger partial charge < -0.3 is 14.8 Å². The summed E-state index contributed by atoms with van der Waals surface area (Å²) in [5, 5.41) is 0. The van der Waals surface area contributed by atoms with E-state index in [9.17, 15) is 18.0 Å². The summed E-state index contributed by atoms with van der Waals surface area (Å²) in [5.41, 5.74) is 1.22. The quantitative estimate of drug-likeness (QED) is 0.887. The largest absolute Gasteiger partial charge is 0.417 e. The van der Waals surface area contributed by atoms with Crippen LogP contribution in [0.2, 0.25) is 0 Å². The molecular weight excluding hydrogens is 347 g/mol. The predicted octanol–water partition coefficient (Wildman–Crippen LogP) is 2.23. The number of aromatic amines is 1. The normalized spacial score (nSPS) is 20.3. The number of imidazole rings is 1. The van der Waals surface area contributed by atoms with E-state index in [-0.39, 0.29) is 11.8 Å². The maximum atomic E-state index is 12.8. The molecule has 2 aliphatic heterocycles. The summed E-state index contributed by atoms with van der Waals surface area (Å²) >= 11 is 0. The third-order valence-electron chi connectivity index (χ3n) is 5.02. The van der Waals surface area contributed by atoms with Gasteiger partial charge in [0.2, 0.25) is 5.91 Å². The van der Waals surface area contributed by atoms with Crippen molar-refractivity contribution in [3.8, 4) is 0 Å². The molecule has 0 spiro atoms. The van der Waals surface area contributed by atoms with Gasteiger partial charge >= 0.3 is 6.18 Å². The maximum Gasteiger partial charge on any atom is 0.417 e. The molecule has 0 radical (unpaired) electrons. The second-order valence-corrected chi connectivity index (χ2v) is 6.67. The molecule has 2 aromatic heterocycles. The van der Waals surface area contributed by atoms with Crippen LogP contribution in [0.4, 0.5) is 19.0 Å². The smallest absolute Gasteiger partial charge is 0.356 e. The molecule has 4 heterocycles. The summed E-state index contributed by atoms with van der Waals surface area (Å²) < 4.78 is 37.9. The minimum Gasteiger partial charge on any atom is -0.356 e. The summed E-state index contributed by atoms with van der Waals surface area (Å²) in [6.07, 6.45) is -0.495. The van der Waals surface area contributed by atoms with Crippen molar-refractivity contribution in [1.82, 2.24) is 19.9 Å². The van der Waals surface area contributed by atoms with Gasteiger partial charge in [0.05, 0.1) is 35.7 Å². The SMILES string of the molecule is O=C(C1CCN(c2ccc(C(F)(F)F)cn2)C1)N1CCc2nc[nH]c2C1. The predicted molar refractivity (Wildman–Crippen MR) is 87.3 cm³/mol. The lowest BCUT2D eigenvalue weighted by atomic mass is 10.0. The second kappa shape index (κ2) is 6.30. The first-order valence-electron chi connectivity index (χ1n) is 8.50. The van der Waals surface area contributed by atoms with Gasteiger partial charge in [0, 0.05) is 32.3 Å². The molecule has 1 unspecified atom stereocenters. The number of aromatic nitrogens is 3. The van der Waals surface area contributed by atoms with E-state index in [1.165, 1.54) is 6.07 Å². The third-order valence-corrected chi connectivity index (χ3v) is 5.02. The molecule has 4 rings (SSSR count). The van der Waals surface area contributed by atoms with Crippen molar-refractivity contribution >= 4 is 11.7 Å². The molecule has 26 heavy (non-hydrogen) atoms. The number of halogens is 3. The fourth-order valence-electron chi connectivity index (χ4n) is 3.57. The molecule has 1 fully saturated rings. The minimum absolute atomic E-state index is 0.0830. The number of hydrogen-bond donors (Lipinski definition) is 1. The molecule has 1 N–H and O–H groups in total. The molecule has 1 saturated heterocycles. The standard InChI is InChI=1S/C17H18F3N5O/c18-17(19,20)12-1-2-15(21-7-12)24-5-3-11(8-24)16(26)25-6-4-13-14(9-25)23-10-22-13/h1-2,7,10-11H,3-6,8-9H2,(H,22,23). The van der Waals surface area contributed by atoms with Crippen molar-refractivity contribution in [2.45, 2.75) is 25.6 Å². The van der Waals surface area contributed by atoms with Gasteiger partial charge in [-0.05, 0) is 18.6 Å². The Morgan fingerprint density at radius 1 is 1.23 bits per heavy atom. The van der Waals surface area contributed by atoms with E-state index in [0.717, 1.165) is 30.1 Å². The zero-order valence-electron chi connectivity index (χ0n) is 14.0. The van der Waals surface area contributed by atoms with Crippen LogP contribution in [0.5, 0.6) is 0 Å². The molecular formula is C17H18F3N5O. The van der Waals surface area contributed by atoms with Crippen LogP contribution in [0.1, 0.15) is 23.4 Å². The molecule has 9 heteroatoms. The molecule has 1 atom stereocenters. The van der Waals surface area contributed by atoms with Crippen molar-refractivity contribution in [3.63, 3.8) is 0 Å². The number of anilines is 1. The minimum atomic E-state index is -4.39. The molecule has 1 amide bonds. The fourth-order valence-corrected chi connectivity index (χ4v) is 3.57. The first-order chi connectivity index (χ1) is 12.4. The van der Waals surface area contributed by atoms with Gasteiger partial charge in [-0.15, -0.1) is 0 Å². The van der Waals surface area contributed by atoms with Crippen LogP contribution in [-0.2, 0) is 23.9 Å². The second-order valence-electron chi connectivity index (χ2n) is 6.67. The average Bonchev–Trinajstić information content (AvgIpc) is 3.29. The van der Waals surface area contributed by atoms with Gasteiger partial charge in [-0.3, -0.25) is 4.79 Å².